The summed E-state index contributed by atoms with van der Waals surface area (Å²) in [4.78, 5) is 11.1. The second kappa shape index (κ2) is 5.41. The number of nitriles is 1. The molecule has 0 aliphatic carbocycles. The van der Waals surface area contributed by atoms with Gasteiger partial charge in [0.25, 0.3) is 0 Å². The van der Waals surface area contributed by atoms with Crippen LogP contribution in [0, 0.1) is 24.1 Å². The number of hydrogen-bond donors (Lipinski definition) is 1. The van der Waals surface area contributed by atoms with Gasteiger partial charge in [-0.1, -0.05) is 18.2 Å². The number of carbonyl (C=O) groups is 1. The average Bonchev–Trinajstić information content (AvgIpc) is 2.40. The molecule has 0 atom stereocenters. The van der Waals surface area contributed by atoms with Crippen LogP contribution in [0.3, 0.4) is 0 Å². The first kappa shape index (κ1) is 13.6. The molecule has 0 aliphatic rings. The number of carboxylic acid groups (broad SMARTS) is 1. The Morgan fingerprint density at radius 1 is 1.30 bits per heavy atom. The van der Waals surface area contributed by atoms with E-state index in [1.165, 1.54) is 12.1 Å². The maximum Gasteiger partial charge on any atom is 0.342 e. The Kier molecular flexibility index (Phi) is 3.67. The second-order valence-corrected chi connectivity index (χ2v) is 4.08. The van der Waals surface area contributed by atoms with Crippen LogP contribution >= 0.6 is 0 Å². The Labute approximate surface area is 114 Å². The van der Waals surface area contributed by atoms with Crippen LogP contribution in [0.25, 0.3) is 0 Å². The first-order chi connectivity index (χ1) is 9.54. The van der Waals surface area contributed by atoms with Crippen molar-refractivity contribution >= 4 is 5.97 Å². The molecule has 2 rings (SSSR count). The number of carboxylic acids is 1. The van der Waals surface area contributed by atoms with Gasteiger partial charge in [0, 0.05) is 0 Å². The van der Waals surface area contributed by atoms with Crippen LogP contribution in [0.2, 0.25) is 0 Å². The molecule has 0 spiro atoms. The predicted octanol–water partition coefficient (Wildman–Crippen LogP) is 3.50. The highest BCUT2D eigenvalue weighted by atomic mass is 19.1. The fourth-order valence-electron chi connectivity index (χ4n) is 1.78. The second-order valence-electron chi connectivity index (χ2n) is 4.08. The number of benzene rings is 2. The highest BCUT2D eigenvalue weighted by molar-refractivity contribution is 5.91. The van der Waals surface area contributed by atoms with Gasteiger partial charge in [-0.15, -0.1) is 0 Å². The maximum absolute atomic E-state index is 13.6. The molecular formula is C15H10FNO3. The van der Waals surface area contributed by atoms with Gasteiger partial charge in [-0.25, -0.2) is 9.18 Å². The molecule has 0 aliphatic heterocycles. The third-order valence-corrected chi connectivity index (χ3v) is 2.73. The molecule has 0 radical (unpaired) electrons. The van der Waals surface area contributed by atoms with Gasteiger partial charge in [-0.2, -0.15) is 5.26 Å². The van der Waals surface area contributed by atoms with Crippen LogP contribution in [0.1, 0.15) is 21.5 Å². The summed E-state index contributed by atoms with van der Waals surface area (Å²) in [6.45, 7) is 1.72. The molecule has 0 bridgehead atoms. The molecule has 0 aromatic heterocycles. The van der Waals surface area contributed by atoms with Crippen molar-refractivity contribution in [2.24, 2.45) is 0 Å². The number of nitrogens with zero attached hydrogens (tertiary/aromatic N) is 1. The van der Waals surface area contributed by atoms with Crippen LogP contribution in [-0.2, 0) is 0 Å². The zero-order valence-corrected chi connectivity index (χ0v) is 10.6. The summed E-state index contributed by atoms with van der Waals surface area (Å²) in [6.07, 6.45) is 0. The zero-order valence-electron chi connectivity index (χ0n) is 10.6. The highest BCUT2D eigenvalue weighted by Crippen LogP contribution is 2.31. The van der Waals surface area contributed by atoms with Gasteiger partial charge < -0.3 is 9.84 Å². The van der Waals surface area contributed by atoms with E-state index < -0.39 is 17.3 Å². The number of aromatic carboxylic acids is 1. The molecule has 100 valence electrons. The van der Waals surface area contributed by atoms with Crippen molar-refractivity contribution in [3.63, 3.8) is 0 Å². The monoisotopic (exact) mass is 271 g/mol. The van der Waals surface area contributed by atoms with Gasteiger partial charge in [-0.05, 0) is 30.7 Å². The Bertz CT molecular complexity index is 720. The molecule has 0 saturated heterocycles. The van der Waals surface area contributed by atoms with E-state index in [2.05, 4.69) is 0 Å². The molecule has 0 unspecified atom stereocenters. The molecular weight excluding hydrogens is 261 g/mol. The standard InChI is InChI=1S/C15H10FNO3/c1-9-4-2-5-10(8-17)14(9)20-12-7-3-6-11(16)13(12)15(18)19/h2-7H,1H3,(H,18,19). The van der Waals surface area contributed by atoms with E-state index in [1.807, 2.05) is 6.07 Å². The molecule has 0 amide bonds. The number of halogens is 1. The summed E-state index contributed by atoms with van der Waals surface area (Å²) in [5, 5.41) is 18.1. The van der Waals surface area contributed by atoms with Crippen molar-refractivity contribution in [3.05, 3.63) is 58.9 Å². The first-order valence-corrected chi connectivity index (χ1v) is 5.74. The van der Waals surface area contributed by atoms with Crippen molar-refractivity contribution in [2.45, 2.75) is 6.92 Å². The van der Waals surface area contributed by atoms with Crippen molar-refractivity contribution in [1.82, 2.24) is 0 Å². The van der Waals surface area contributed by atoms with Crippen LogP contribution < -0.4 is 4.74 Å². The minimum absolute atomic E-state index is 0.136. The predicted molar refractivity (Wildman–Crippen MR) is 69.3 cm³/mol. The van der Waals surface area contributed by atoms with E-state index in [1.54, 1.807) is 25.1 Å². The van der Waals surface area contributed by atoms with Gasteiger partial charge >= 0.3 is 5.97 Å². The van der Waals surface area contributed by atoms with Gasteiger partial charge in [0.1, 0.15) is 28.9 Å². The van der Waals surface area contributed by atoms with Crippen LogP contribution in [0.4, 0.5) is 4.39 Å². The van der Waals surface area contributed by atoms with E-state index >= 15 is 0 Å². The molecule has 1 N–H and O–H groups in total. The van der Waals surface area contributed by atoms with E-state index in [4.69, 9.17) is 15.1 Å². The lowest BCUT2D eigenvalue weighted by atomic mass is 10.1. The van der Waals surface area contributed by atoms with Gasteiger partial charge in [0.15, 0.2) is 0 Å². The lowest BCUT2D eigenvalue weighted by molar-refractivity contribution is 0.0689. The van der Waals surface area contributed by atoms with Crippen molar-refractivity contribution in [2.75, 3.05) is 0 Å². The Morgan fingerprint density at radius 2 is 2.00 bits per heavy atom. The Balaban J connectivity index is 2.55. The molecule has 20 heavy (non-hydrogen) atoms. The topological polar surface area (TPSA) is 70.3 Å². The molecule has 0 fully saturated rings. The van der Waals surface area contributed by atoms with Crippen LogP contribution in [0.5, 0.6) is 11.5 Å². The molecule has 5 heteroatoms. The number of rotatable bonds is 3. The molecule has 0 saturated carbocycles. The van der Waals surface area contributed by atoms with Gasteiger partial charge in [-0.3, -0.25) is 0 Å². The minimum Gasteiger partial charge on any atom is -0.477 e. The molecule has 2 aromatic carbocycles. The zero-order chi connectivity index (χ0) is 14.7. The lowest BCUT2D eigenvalue weighted by Crippen LogP contribution is -2.04. The Hall–Kier alpha value is -2.87. The Morgan fingerprint density at radius 3 is 2.65 bits per heavy atom. The third-order valence-electron chi connectivity index (χ3n) is 2.73. The van der Waals surface area contributed by atoms with Crippen molar-refractivity contribution in [3.8, 4) is 17.6 Å². The average molecular weight is 271 g/mol. The summed E-state index contributed by atoms with van der Waals surface area (Å²) in [7, 11) is 0. The van der Waals surface area contributed by atoms with Crippen molar-refractivity contribution in [1.29, 1.82) is 5.26 Å². The number of ether oxygens (including phenoxy) is 1. The van der Waals surface area contributed by atoms with Gasteiger partial charge in [0.2, 0.25) is 0 Å². The van der Waals surface area contributed by atoms with Crippen molar-refractivity contribution < 1.29 is 19.0 Å². The smallest absolute Gasteiger partial charge is 0.342 e. The fourth-order valence-corrected chi connectivity index (χ4v) is 1.78. The molecule has 2 aromatic rings. The minimum atomic E-state index is -1.43. The largest absolute Gasteiger partial charge is 0.477 e. The number of hydrogen-bond acceptors (Lipinski definition) is 3. The quantitative estimate of drug-likeness (QED) is 0.927. The fraction of sp³-hybridized carbons (Fsp3) is 0.0667. The van der Waals surface area contributed by atoms with E-state index in [9.17, 15) is 9.18 Å². The maximum atomic E-state index is 13.6. The van der Waals surface area contributed by atoms with Gasteiger partial charge in [0.05, 0.1) is 5.56 Å². The van der Waals surface area contributed by atoms with Crippen LogP contribution in [0.15, 0.2) is 36.4 Å². The summed E-state index contributed by atoms with van der Waals surface area (Å²) in [6, 6.07) is 10.6. The van der Waals surface area contributed by atoms with E-state index in [0.29, 0.717) is 5.56 Å². The lowest BCUT2D eigenvalue weighted by Gasteiger charge is -2.12. The first-order valence-electron chi connectivity index (χ1n) is 5.74. The molecule has 4 nitrogen and oxygen atoms in total. The summed E-state index contributed by atoms with van der Waals surface area (Å²) in [5.41, 5.74) is 0.356. The van der Waals surface area contributed by atoms with E-state index in [0.717, 1.165) is 6.07 Å². The normalized spacial score (nSPS) is 9.85. The third kappa shape index (κ3) is 2.45. The highest BCUT2D eigenvalue weighted by Gasteiger charge is 2.19. The summed E-state index contributed by atoms with van der Waals surface area (Å²) < 4.78 is 19.0. The summed E-state index contributed by atoms with van der Waals surface area (Å²) >= 11 is 0. The van der Waals surface area contributed by atoms with Crippen LogP contribution in [-0.4, -0.2) is 11.1 Å². The number of aryl methyl sites for hydroxylation is 1. The SMILES string of the molecule is Cc1cccc(C#N)c1Oc1cccc(F)c1C(=O)O. The number of para-hydroxylation sites is 1. The molecule has 0 heterocycles. The van der Waals surface area contributed by atoms with E-state index in [-0.39, 0.29) is 17.1 Å². The summed E-state index contributed by atoms with van der Waals surface area (Å²) in [5.74, 6) is -2.22.